The van der Waals surface area contributed by atoms with Crippen molar-refractivity contribution in [3.63, 3.8) is 0 Å². The molecular formula is C8H15NO. The van der Waals surface area contributed by atoms with Crippen molar-refractivity contribution in [2.24, 2.45) is 0 Å². The van der Waals surface area contributed by atoms with Gasteiger partial charge in [0.2, 0.25) is 0 Å². The van der Waals surface area contributed by atoms with E-state index >= 15 is 0 Å². The Morgan fingerprint density at radius 2 is 2.60 bits per heavy atom. The summed E-state index contributed by atoms with van der Waals surface area (Å²) >= 11 is 0. The molecule has 0 N–H and O–H groups in total. The maximum absolute atomic E-state index is 5.44. The minimum atomic E-state index is 0.447. The van der Waals surface area contributed by atoms with Gasteiger partial charge in [0.05, 0.1) is 6.10 Å². The lowest BCUT2D eigenvalue weighted by Gasteiger charge is -2.17. The van der Waals surface area contributed by atoms with Gasteiger partial charge in [0.25, 0.3) is 0 Å². The lowest BCUT2D eigenvalue weighted by Crippen LogP contribution is -2.23. The van der Waals surface area contributed by atoms with E-state index in [0.717, 1.165) is 13.2 Å². The predicted octanol–water partition coefficient (Wildman–Crippen LogP) is 1.24. The van der Waals surface area contributed by atoms with Gasteiger partial charge in [-0.25, -0.2) is 0 Å². The fraction of sp³-hybridized carbons (Fsp3) is 0.750. The molecule has 1 aliphatic rings. The van der Waals surface area contributed by atoms with Crippen molar-refractivity contribution >= 4 is 0 Å². The van der Waals surface area contributed by atoms with Gasteiger partial charge in [0, 0.05) is 20.2 Å². The van der Waals surface area contributed by atoms with Gasteiger partial charge in [0.15, 0.2) is 0 Å². The highest BCUT2D eigenvalue weighted by molar-refractivity contribution is 4.73. The van der Waals surface area contributed by atoms with E-state index in [0.29, 0.717) is 6.10 Å². The summed E-state index contributed by atoms with van der Waals surface area (Å²) in [5.74, 6) is 0. The molecule has 10 heavy (non-hydrogen) atoms. The maximum Gasteiger partial charge on any atom is 0.0750 e. The third kappa shape index (κ3) is 2.03. The minimum Gasteiger partial charge on any atom is -0.378 e. The monoisotopic (exact) mass is 141 g/mol. The molecule has 0 radical (unpaired) electrons. The molecular weight excluding hydrogens is 126 g/mol. The van der Waals surface area contributed by atoms with Crippen LogP contribution in [0, 0.1) is 0 Å². The Kier molecular flexibility index (Phi) is 2.75. The van der Waals surface area contributed by atoms with E-state index in [-0.39, 0.29) is 0 Å². The second kappa shape index (κ2) is 3.62. The summed E-state index contributed by atoms with van der Waals surface area (Å²) < 4.78 is 5.44. The Morgan fingerprint density at radius 1 is 1.80 bits per heavy atom. The smallest absolute Gasteiger partial charge is 0.0750 e. The Labute approximate surface area is 62.5 Å². The van der Waals surface area contributed by atoms with Gasteiger partial charge >= 0.3 is 0 Å². The molecule has 2 heteroatoms. The van der Waals surface area contributed by atoms with Crippen LogP contribution < -0.4 is 0 Å². The van der Waals surface area contributed by atoms with Gasteiger partial charge in [0.1, 0.15) is 0 Å². The molecule has 58 valence electrons. The summed E-state index contributed by atoms with van der Waals surface area (Å²) in [6.45, 7) is 5.60. The van der Waals surface area contributed by atoms with Crippen LogP contribution in [0.5, 0.6) is 0 Å². The van der Waals surface area contributed by atoms with Crippen molar-refractivity contribution in [2.45, 2.75) is 18.9 Å². The zero-order chi connectivity index (χ0) is 7.40. The number of rotatable bonds is 3. The van der Waals surface area contributed by atoms with E-state index in [4.69, 9.17) is 4.74 Å². The molecule has 0 aromatic rings. The topological polar surface area (TPSA) is 12.5 Å². The van der Waals surface area contributed by atoms with Gasteiger partial charge in [-0.15, -0.1) is 0 Å². The van der Waals surface area contributed by atoms with Gasteiger partial charge in [-0.2, -0.15) is 0 Å². The number of hydrogen-bond donors (Lipinski definition) is 0. The average molecular weight is 141 g/mol. The third-order valence-electron chi connectivity index (χ3n) is 1.83. The summed E-state index contributed by atoms with van der Waals surface area (Å²) in [5.41, 5.74) is 0. The predicted molar refractivity (Wildman–Crippen MR) is 41.8 cm³/mol. The standard InChI is InChI=1S/C8H15NO/c1-3-9(2)7-8-5-4-6-10-8/h3,8H,1,4-7H2,2H3. The fourth-order valence-electron chi connectivity index (χ4n) is 1.18. The Bertz CT molecular complexity index is 108. The van der Waals surface area contributed by atoms with Crippen LogP contribution in [-0.2, 0) is 4.74 Å². The Morgan fingerprint density at radius 3 is 3.10 bits per heavy atom. The van der Waals surface area contributed by atoms with Crippen molar-refractivity contribution < 1.29 is 4.74 Å². The van der Waals surface area contributed by atoms with Crippen molar-refractivity contribution in [1.29, 1.82) is 0 Å². The minimum absolute atomic E-state index is 0.447. The van der Waals surface area contributed by atoms with Crippen molar-refractivity contribution in [2.75, 3.05) is 20.2 Å². The van der Waals surface area contributed by atoms with E-state index in [9.17, 15) is 0 Å². The first-order chi connectivity index (χ1) is 4.83. The van der Waals surface area contributed by atoms with E-state index in [1.54, 1.807) is 0 Å². The lowest BCUT2D eigenvalue weighted by atomic mass is 10.2. The zero-order valence-electron chi connectivity index (χ0n) is 6.55. The normalized spacial score (nSPS) is 24.7. The summed E-state index contributed by atoms with van der Waals surface area (Å²) in [6, 6.07) is 0. The molecule has 1 atom stereocenters. The third-order valence-corrected chi connectivity index (χ3v) is 1.83. The van der Waals surface area contributed by atoms with Crippen molar-refractivity contribution in [3.05, 3.63) is 12.8 Å². The lowest BCUT2D eigenvalue weighted by molar-refractivity contribution is 0.0922. The molecule has 1 aliphatic heterocycles. The molecule has 0 aromatic carbocycles. The van der Waals surface area contributed by atoms with Crippen LogP contribution in [0.4, 0.5) is 0 Å². The quantitative estimate of drug-likeness (QED) is 0.586. The number of ether oxygens (including phenoxy) is 1. The van der Waals surface area contributed by atoms with Crippen LogP contribution >= 0.6 is 0 Å². The van der Waals surface area contributed by atoms with Crippen LogP contribution in [0.1, 0.15) is 12.8 Å². The first-order valence-corrected chi connectivity index (χ1v) is 3.77. The largest absolute Gasteiger partial charge is 0.378 e. The highest BCUT2D eigenvalue weighted by Crippen LogP contribution is 2.12. The van der Waals surface area contributed by atoms with Gasteiger partial charge in [-0.1, -0.05) is 6.58 Å². The molecule has 0 aliphatic carbocycles. The summed E-state index contributed by atoms with van der Waals surface area (Å²) in [4.78, 5) is 2.07. The first-order valence-electron chi connectivity index (χ1n) is 3.77. The van der Waals surface area contributed by atoms with Crippen molar-refractivity contribution in [1.82, 2.24) is 4.90 Å². The molecule has 0 spiro atoms. The average Bonchev–Trinajstić information content (AvgIpc) is 2.40. The van der Waals surface area contributed by atoms with Gasteiger partial charge in [-0.3, -0.25) is 0 Å². The summed E-state index contributed by atoms with van der Waals surface area (Å²) in [6.07, 6.45) is 4.71. The van der Waals surface area contributed by atoms with Gasteiger partial charge < -0.3 is 9.64 Å². The van der Waals surface area contributed by atoms with E-state index in [1.807, 2.05) is 13.2 Å². The molecule has 2 nitrogen and oxygen atoms in total. The highest BCUT2D eigenvalue weighted by atomic mass is 16.5. The SMILES string of the molecule is C=CN(C)CC1CCCO1. The van der Waals surface area contributed by atoms with Gasteiger partial charge in [-0.05, 0) is 19.0 Å². The van der Waals surface area contributed by atoms with Crippen LogP contribution in [0.15, 0.2) is 12.8 Å². The molecule has 0 bridgehead atoms. The Balaban J connectivity index is 2.17. The summed E-state index contributed by atoms with van der Waals surface area (Å²) in [7, 11) is 2.02. The second-order valence-corrected chi connectivity index (χ2v) is 2.76. The number of hydrogen-bond acceptors (Lipinski definition) is 2. The maximum atomic E-state index is 5.44. The first kappa shape index (κ1) is 7.61. The summed E-state index contributed by atoms with van der Waals surface area (Å²) in [5, 5.41) is 0. The molecule has 1 heterocycles. The van der Waals surface area contributed by atoms with Crippen LogP contribution in [0.25, 0.3) is 0 Å². The molecule has 1 fully saturated rings. The second-order valence-electron chi connectivity index (χ2n) is 2.76. The van der Waals surface area contributed by atoms with Crippen molar-refractivity contribution in [3.8, 4) is 0 Å². The molecule has 0 amide bonds. The van der Waals surface area contributed by atoms with E-state index in [2.05, 4.69) is 11.5 Å². The number of likely N-dealkylation sites (N-methyl/N-ethyl adjacent to an activating group) is 1. The zero-order valence-corrected chi connectivity index (χ0v) is 6.55. The van der Waals surface area contributed by atoms with Crippen LogP contribution in [0.2, 0.25) is 0 Å². The van der Waals surface area contributed by atoms with E-state index < -0.39 is 0 Å². The molecule has 1 rings (SSSR count). The molecule has 1 unspecified atom stereocenters. The molecule has 0 saturated carbocycles. The number of nitrogens with zero attached hydrogens (tertiary/aromatic N) is 1. The Hall–Kier alpha value is -0.500. The van der Waals surface area contributed by atoms with Crippen LogP contribution in [0.3, 0.4) is 0 Å². The van der Waals surface area contributed by atoms with Crippen LogP contribution in [-0.4, -0.2) is 31.2 Å². The fourth-order valence-corrected chi connectivity index (χ4v) is 1.18. The van der Waals surface area contributed by atoms with E-state index in [1.165, 1.54) is 12.8 Å². The molecule has 1 saturated heterocycles. The molecule has 0 aromatic heterocycles. The highest BCUT2D eigenvalue weighted by Gasteiger charge is 2.15.